The van der Waals surface area contributed by atoms with E-state index in [9.17, 15) is 0 Å². The molecule has 0 saturated carbocycles. The van der Waals surface area contributed by atoms with Gasteiger partial charge in [-0.05, 0) is 50.5 Å². The van der Waals surface area contributed by atoms with Gasteiger partial charge in [0.15, 0.2) is 0 Å². The van der Waals surface area contributed by atoms with Crippen LogP contribution in [0.1, 0.15) is 24.4 Å². The summed E-state index contributed by atoms with van der Waals surface area (Å²) in [5, 5.41) is 18.3. The molecule has 0 atom stereocenters. The van der Waals surface area contributed by atoms with Crippen molar-refractivity contribution in [1.82, 2.24) is 34.7 Å². The highest BCUT2D eigenvalue weighted by Gasteiger charge is 2.19. The van der Waals surface area contributed by atoms with Crippen molar-refractivity contribution in [2.24, 2.45) is 7.05 Å². The first-order chi connectivity index (χ1) is 15.0. The SMILES string of the molecule is C=C(Nc1cc2cc(-c3cn(C)nn3)ccc2cn1)c1cnn(C2CCN(C)CC2)c1. The van der Waals surface area contributed by atoms with Crippen LogP contribution in [0.4, 0.5) is 5.82 Å². The minimum absolute atomic E-state index is 0.455. The minimum Gasteiger partial charge on any atom is -0.340 e. The lowest BCUT2D eigenvalue weighted by Crippen LogP contribution is -2.31. The van der Waals surface area contributed by atoms with Crippen molar-refractivity contribution >= 4 is 22.3 Å². The fourth-order valence-corrected chi connectivity index (χ4v) is 4.03. The number of nitrogens with one attached hydrogen (secondary N) is 1. The fraction of sp³-hybridized carbons (Fsp3) is 0.304. The van der Waals surface area contributed by atoms with Gasteiger partial charge in [-0.1, -0.05) is 23.9 Å². The van der Waals surface area contributed by atoms with Crippen LogP contribution >= 0.6 is 0 Å². The van der Waals surface area contributed by atoms with E-state index >= 15 is 0 Å². The van der Waals surface area contributed by atoms with E-state index in [2.05, 4.69) is 67.2 Å². The molecule has 1 fully saturated rings. The van der Waals surface area contributed by atoms with Crippen LogP contribution in [0.15, 0.2) is 55.6 Å². The summed E-state index contributed by atoms with van der Waals surface area (Å²) in [4.78, 5) is 6.91. The minimum atomic E-state index is 0.455. The molecule has 0 spiro atoms. The van der Waals surface area contributed by atoms with Gasteiger partial charge in [-0.15, -0.1) is 5.10 Å². The lowest BCUT2D eigenvalue weighted by molar-refractivity contribution is 0.212. The van der Waals surface area contributed by atoms with Crippen LogP contribution in [0, 0.1) is 0 Å². The van der Waals surface area contributed by atoms with Gasteiger partial charge < -0.3 is 10.2 Å². The average molecular weight is 415 g/mol. The maximum absolute atomic E-state index is 4.59. The molecule has 158 valence electrons. The molecule has 5 rings (SSSR count). The fourth-order valence-electron chi connectivity index (χ4n) is 4.03. The van der Waals surface area contributed by atoms with E-state index in [0.29, 0.717) is 6.04 Å². The number of fused-ring (bicyclic) bond motifs is 1. The predicted octanol–water partition coefficient (Wildman–Crippen LogP) is 3.58. The first-order valence-electron chi connectivity index (χ1n) is 10.5. The molecule has 0 unspecified atom stereocenters. The molecule has 8 heteroatoms. The van der Waals surface area contributed by atoms with Crippen LogP contribution in [0.2, 0.25) is 0 Å². The third kappa shape index (κ3) is 4.06. The Kier molecular flexibility index (Phi) is 4.99. The van der Waals surface area contributed by atoms with Crippen LogP contribution in [-0.2, 0) is 7.05 Å². The van der Waals surface area contributed by atoms with Crippen LogP contribution < -0.4 is 5.32 Å². The lowest BCUT2D eigenvalue weighted by Gasteiger charge is -2.28. The van der Waals surface area contributed by atoms with Gasteiger partial charge in [-0.25, -0.2) is 4.98 Å². The highest BCUT2D eigenvalue weighted by Crippen LogP contribution is 2.26. The van der Waals surface area contributed by atoms with E-state index in [-0.39, 0.29) is 0 Å². The van der Waals surface area contributed by atoms with Crippen molar-refractivity contribution in [3.8, 4) is 11.3 Å². The Balaban J connectivity index is 1.33. The van der Waals surface area contributed by atoms with Crippen LogP contribution in [0.5, 0.6) is 0 Å². The highest BCUT2D eigenvalue weighted by molar-refractivity contribution is 5.89. The van der Waals surface area contributed by atoms with E-state index in [1.807, 2.05) is 37.8 Å². The molecule has 4 heterocycles. The van der Waals surface area contributed by atoms with E-state index < -0.39 is 0 Å². The average Bonchev–Trinajstić information content (AvgIpc) is 3.43. The molecule has 4 aromatic rings. The summed E-state index contributed by atoms with van der Waals surface area (Å²) < 4.78 is 3.78. The number of anilines is 1. The summed E-state index contributed by atoms with van der Waals surface area (Å²) >= 11 is 0. The van der Waals surface area contributed by atoms with Gasteiger partial charge in [0.1, 0.15) is 11.5 Å². The van der Waals surface area contributed by atoms with E-state index in [0.717, 1.165) is 65.0 Å². The van der Waals surface area contributed by atoms with Crippen molar-refractivity contribution in [1.29, 1.82) is 0 Å². The molecular weight excluding hydrogens is 388 g/mol. The summed E-state index contributed by atoms with van der Waals surface area (Å²) in [6, 6.07) is 8.68. The van der Waals surface area contributed by atoms with E-state index in [1.54, 1.807) is 4.68 Å². The molecule has 0 bridgehead atoms. The Morgan fingerprint density at radius 1 is 1.06 bits per heavy atom. The first kappa shape index (κ1) is 19.4. The normalized spacial score (nSPS) is 15.4. The molecule has 8 nitrogen and oxygen atoms in total. The topological polar surface area (TPSA) is 76.7 Å². The molecule has 1 N–H and O–H groups in total. The molecule has 1 aliphatic heterocycles. The van der Waals surface area contributed by atoms with Crippen LogP contribution in [0.25, 0.3) is 27.7 Å². The molecule has 3 aromatic heterocycles. The summed E-state index contributed by atoms with van der Waals surface area (Å²) in [5.74, 6) is 0.751. The number of pyridine rings is 1. The summed E-state index contributed by atoms with van der Waals surface area (Å²) in [6.45, 7) is 6.42. The number of hydrogen-bond donors (Lipinski definition) is 1. The van der Waals surface area contributed by atoms with E-state index in [4.69, 9.17) is 0 Å². The molecule has 1 aromatic carbocycles. The van der Waals surface area contributed by atoms with Gasteiger partial charge in [-0.3, -0.25) is 9.36 Å². The van der Waals surface area contributed by atoms with Gasteiger partial charge in [0, 0.05) is 41.7 Å². The zero-order chi connectivity index (χ0) is 21.4. The van der Waals surface area contributed by atoms with Crippen molar-refractivity contribution < 1.29 is 0 Å². The second-order valence-electron chi connectivity index (χ2n) is 8.26. The maximum Gasteiger partial charge on any atom is 0.130 e. The van der Waals surface area contributed by atoms with Crippen molar-refractivity contribution in [2.45, 2.75) is 18.9 Å². The number of likely N-dealkylation sites (tertiary alicyclic amines) is 1. The number of nitrogens with zero attached hydrogens (tertiary/aromatic N) is 7. The molecule has 1 aliphatic rings. The lowest BCUT2D eigenvalue weighted by atomic mass is 10.1. The summed E-state index contributed by atoms with van der Waals surface area (Å²) in [5.41, 5.74) is 3.64. The van der Waals surface area contributed by atoms with Crippen LogP contribution in [-0.4, -0.2) is 54.8 Å². The van der Waals surface area contributed by atoms with E-state index in [1.165, 1.54) is 0 Å². The Morgan fingerprint density at radius 3 is 2.68 bits per heavy atom. The standard InChI is InChI=1S/C23H26N8/c1-16(20-13-25-31(14-20)21-6-8-29(2)9-7-21)26-23-11-19-10-17(4-5-18(19)12-24-23)22-15-30(3)28-27-22/h4-5,10-15,21H,1,6-9H2,2-3H3,(H,24,26). The number of hydrogen-bond acceptors (Lipinski definition) is 6. The molecular formula is C23H26N8. The molecule has 0 amide bonds. The summed E-state index contributed by atoms with van der Waals surface area (Å²) in [7, 11) is 4.03. The summed E-state index contributed by atoms with van der Waals surface area (Å²) in [6.07, 6.45) is 9.98. The number of piperidine rings is 1. The van der Waals surface area contributed by atoms with Gasteiger partial charge in [0.05, 0.1) is 18.4 Å². The first-order valence-corrected chi connectivity index (χ1v) is 10.5. The monoisotopic (exact) mass is 414 g/mol. The molecule has 31 heavy (non-hydrogen) atoms. The third-order valence-corrected chi connectivity index (χ3v) is 5.91. The molecule has 0 radical (unpaired) electrons. The Hall–Kier alpha value is -3.52. The number of benzene rings is 1. The van der Waals surface area contributed by atoms with Gasteiger partial charge in [-0.2, -0.15) is 5.10 Å². The highest BCUT2D eigenvalue weighted by atomic mass is 15.4. The zero-order valence-corrected chi connectivity index (χ0v) is 17.9. The van der Waals surface area contributed by atoms with Crippen LogP contribution in [0.3, 0.4) is 0 Å². The Morgan fingerprint density at radius 2 is 1.90 bits per heavy atom. The quantitative estimate of drug-likeness (QED) is 0.538. The van der Waals surface area contributed by atoms with Gasteiger partial charge in [0.2, 0.25) is 0 Å². The Labute approximate surface area is 181 Å². The Bertz CT molecular complexity index is 1230. The number of rotatable bonds is 5. The second-order valence-corrected chi connectivity index (χ2v) is 8.26. The molecule has 1 saturated heterocycles. The van der Waals surface area contributed by atoms with Crippen molar-refractivity contribution in [3.63, 3.8) is 0 Å². The third-order valence-electron chi connectivity index (χ3n) is 5.91. The zero-order valence-electron chi connectivity index (χ0n) is 17.9. The van der Waals surface area contributed by atoms with Gasteiger partial charge in [0.25, 0.3) is 0 Å². The largest absolute Gasteiger partial charge is 0.340 e. The second kappa shape index (κ2) is 7.96. The number of aromatic nitrogens is 6. The van der Waals surface area contributed by atoms with Crippen molar-refractivity contribution in [2.75, 3.05) is 25.5 Å². The van der Waals surface area contributed by atoms with Crippen molar-refractivity contribution in [3.05, 3.63) is 61.2 Å². The number of aryl methyl sites for hydroxylation is 1. The molecule has 0 aliphatic carbocycles. The predicted molar refractivity (Wildman–Crippen MR) is 122 cm³/mol. The maximum atomic E-state index is 4.59. The smallest absolute Gasteiger partial charge is 0.130 e. The van der Waals surface area contributed by atoms with Gasteiger partial charge >= 0.3 is 0 Å².